The quantitative estimate of drug-likeness (QED) is 0.743. The summed E-state index contributed by atoms with van der Waals surface area (Å²) in [5.41, 5.74) is -0.903. The lowest BCUT2D eigenvalue weighted by atomic mass is 10.0. The molecule has 5 nitrogen and oxygen atoms in total. The van der Waals surface area contributed by atoms with Crippen LogP contribution < -0.4 is 0 Å². The van der Waals surface area contributed by atoms with Gasteiger partial charge in [0.25, 0.3) is 0 Å². The second-order valence-corrected chi connectivity index (χ2v) is 4.66. The van der Waals surface area contributed by atoms with Crippen molar-refractivity contribution in [1.82, 2.24) is 9.80 Å². The van der Waals surface area contributed by atoms with Crippen LogP contribution in [0.5, 0.6) is 0 Å². The maximum absolute atomic E-state index is 11.4. The van der Waals surface area contributed by atoms with Gasteiger partial charge < -0.3 is 14.7 Å². The molecule has 0 saturated carbocycles. The first-order chi connectivity index (χ1) is 7.50. The molecule has 16 heavy (non-hydrogen) atoms. The Morgan fingerprint density at radius 2 is 2.06 bits per heavy atom. The Labute approximate surface area is 97.0 Å². The molecule has 1 atom stereocenters. The number of hydrogen-bond donors (Lipinski definition) is 1. The highest BCUT2D eigenvalue weighted by molar-refractivity contribution is 5.78. The molecule has 0 aromatic rings. The third-order valence-corrected chi connectivity index (χ3v) is 3.30. The van der Waals surface area contributed by atoms with Gasteiger partial charge >= 0.3 is 5.97 Å². The number of likely N-dealkylation sites (N-methyl/N-ethyl adjacent to an activating group) is 1. The third-order valence-electron chi connectivity index (χ3n) is 3.30. The van der Waals surface area contributed by atoms with Crippen molar-refractivity contribution in [2.24, 2.45) is 0 Å². The molecule has 1 aliphatic rings. The Hall–Kier alpha value is -0.650. The topological polar surface area (TPSA) is 53.0 Å². The van der Waals surface area contributed by atoms with Gasteiger partial charge in [-0.05, 0) is 26.9 Å². The molecular formula is C11H22N2O3. The van der Waals surface area contributed by atoms with Gasteiger partial charge in [-0.3, -0.25) is 9.69 Å². The molecule has 1 fully saturated rings. The van der Waals surface area contributed by atoms with Gasteiger partial charge in [0.05, 0.1) is 6.61 Å². The van der Waals surface area contributed by atoms with Crippen molar-refractivity contribution in [1.29, 1.82) is 0 Å². The van der Waals surface area contributed by atoms with Gasteiger partial charge in [0, 0.05) is 26.7 Å². The lowest BCUT2D eigenvalue weighted by molar-refractivity contribution is -0.154. The minimum absolute atomic E-state index is 0.228. The van der Waals surface area contributed by atoms with E-state index in [1.807, 2.05) is 4.90 Å². The number of rotatable bonds is 4. The summed E-state index contributed by atoms with van der Waals surface area (Å²) in [4.78, 5) is 15.6. The van der Waals surface area contributed by atoms with Crippen molar-refractivity contribution in [3.05, 3.63) is 0 Å². The number of ether oxygens (including phenoxy) is 1. The lowest BCUT2D eigenvalue weighted by Gasteiger charge is -2.36. The minimum Gasteiger partial charge on any atom is -0.480 e. The molecule has 0 radical (unpaired) electrons. The second-order valence-electron chi connectivity index (χ2n) is 4.66. The molecule has 5 heteroatoms. The third kappa shape index (κ3) is 2.93. The number of carbonyl (C=O) groups is 1. The van der Waals surface area contributed by atoms with E-state index in [2.05, 4.69) is 11.9 Å². The summed E-state index contributed by atoms with van der Waals surface area (Å²) in [5, 5.41) is 9.34. The van der Waals surface area contributed by atoms with Gasteiger partial charge in [-0.1, -0.05) is 0 Å². The zero-order valence-corrected chi connectivity index (χ0v) is 10.4. The van der Waals surface area contributed by atoms with E-state index in [0.717, 1.165) is 32.6 Å². The first kappa shape index (κ1) is 13.4. The van der Waals surface area contributed by atoms with E-state index in [0.29, 0.717) is 0 Å². The van der Waals surface area contributed by atoms with Crippen LogP contribution in [0.15, 0.2) is 0 Å². The van der Waals surface area contributed by atoms with E-state index >= 15 is 0 Å². The second kappa shape index (κ2) is 5.61. The number of hydrogen-bond acceptors (Lipinski definition) is 4. The molecular weight excluding hydrogens is 208 g/mol. The van der Waals surface area contributed by atoms with Crippen LogP contribution in [0.3, 0.4) is 0 Å². The summed E-state index contributed by atoms with van der Waals surface area (Å²) in [6, 6.07) is 0. The summed E-state index contributed by atoms with van der Waals surface area (Å²) < 4.78 is 5.05. The number of nitrogens with zero attached hydrogens (tertiary/aromatic N) is 2. The molecule has 0 spiro atoms. The van der Waals surface area contributed by atoms with Gasteiger partial charge in [-0.2, -0.15) is 0 Å². The smallest absolute Gasteiger partial charge is 0.326 e. The van der Waals surface area contributed by atoms with Crippen LogP contribution in [0.4, 0.5) is 0 Å². The Bertz CT molecular complexity index is 247. The Balaban J connectivity index is 2.73. The highest BCUT2D eigenvalue weighted by Gasteiger charge is 2.39. The molecule has 1 rings (SSSR count). The van der Waals surface area contributed by atoms with Crippen molar-refractivity contribution < 1.29 is 14.6 Å². The molecule has 1 saturated heterocycles. The van der Waals surface area contributed by atoms with E-state index in [9.17, 15) is 9.90 Å². The van der Waals surface area contributed by atoms with Crippen LogP contribution in [-0.2, 0) is 9.53 Å². The minimum atomic E-state index is -0.903. The summed E-state index contributed by atoms with van der Waals surface area (Å²) >= 11 is 0. The van der Waals surface area contributed by atoms with Gasteiger partial charge in [0.2, 0.25) is 0 Å². The molecule has 0 amide bonds. The molecule has 0 bridgehead atoms. The summed E-state index contributed by atoms with van der Waals surface area (Å²) in [6.07, 6.45) is 1.00. The van der Waals surface area contributed by atoms with E-state index in [1.165, 1.54) is 0 Å². The predicted molar refractivity (Wildman–Crippen MR) is 61.6 cm³/mol. The summed E-state index contributed by atoms with van der Waals surface area (Å²) in [6.45, 7) is 5.50. The van der Waals surface area contributed by atoms with Gasteiger partial charge in [-0.25, -0.2) is 0 Å². The van der Waals surface area contributed by atoms with Crippen molar-refractivity contribution >= 4 is 5.97 Å². The largest absolute Gasteiger partial charge is 0.480 e. The summed E-state index contributed by atoms with van der Waals surface area (Å²) in [7, 11) is 3.61. The molecule has 0 aliphatic carbocycles. The van der Waals surface area contributed by atoms with E-state index in [1.54, 1.807) is 14.0 Å². The predicted octanol–water partition coefficient (Wildman–Crippen LogP) is 0.114. The zero-order chi connectivity index (χ0) is 12.2. The Kier molecular flexibility index (Phi) is 4.70. The van der Waals surface area contributed by atoms with Crippen LogP contribution in [-0.4, -0.2) is 73.4 Å². The zero-order valence-electron chi connectivity index (χ0n) is 10.4. The van der Waals surface area contributed by atoms with E-state index in [4.69, 9.17) is 4.74 Å². The Morgan fingerprint density at radius 3 is 2.62 bits per heavy atom. The van der Waals surface area contributed by atoms with Crippen LogP contribution >= 0.6 is 0 Å². The maximum Gasteiger partial charge on any atom is 0.326 e. The molecule has 0 aromatic heterocycles. The van der Waals surface area contributed by atoms with Crippen molar-refractivity contribution in [3.63, 3.8) is 0 Å². The van der Waals surface area contributed by atoms with Crippen LogP contribution in [0.2, 0.25) is 0 Å². The van der Waals surface area contributed by atoms with Crippen molar-refractivity contribution in [2.75, 3.05) is 46.9 Å². The fourth-order valence-electron chi connectivity index (χ4n) is 2.11. The average molecular weight is 230 g/mol. The Morgan fingerprint density at radius 1 is 1.38 bits per heavy atom. The molecule has 1 unspecified atom stereocenters. The number of carboxylic acids is 1. The number of methoxy groups -OCH3 is 1. The van der Waals surface area contributed by atoms with E-state index < -0.39 is 11.5 Å². The monoisotopic (exact) mass is 230 g/mol. The molecule has 1 N–H and O–H groups in total. The van der Waals surface area contributed by atoms with Crippen LogP contribution in [0.25, 0.3) is 0 Å². The fraction of sp³-hybridized carbons (Fsp3) is 0.909. The van der Waals surface area contributed by atoms with E-state index in [-0.39, 0.29) is 6.61 Å². The maximum atomic E-state index is 11.4. The van der Waals surface area contributed by atoms with Gasteiger partial charge in [0.15, 0.2) is 0 Å². The molecule has 1 aliphatic heterocycles. The first-order valence-electron chi connectivity index (χ1n) is 5.66. The van der Waals surface area contributed by atoms with Crippen molar-refractivity contribution in [3.8, 4) is 0 Å². The number of aliphatic carboxylic acids is 1. The van der Waals surface area contributed by atoms with Crippen LogP contribution in [0, 0.1) is 0 Å². The number of carboxylic acid groups (broad SMARTS) is 1. The summed E-state index contributed by atoms with van der Waals surface area (Å²) in [5.74, 6) is -0.807. The van der Waals surface area contributed by atoms with Gasteiger partial charge in [0.1, 0.15) is 5.54 Å². The van der Waals surface area contributed by atoms with Gasteiger partial charge in [-0.15, -0.1) is 0 Å². The van der Waals surface area contributed by atoms with Crippen LogP contribution in [0.1, 0.15) is 13.3 Å². The standard InChI is InChI=1S/C11H22N2O3/c1-11(9-16-3,10(14)15)13-6-4-5-12(2)7-8-13/h4-9H2,1-3H3,(H,14,15). The normalized spacial score (nSPS) is 23.7. The molecule has 1 heterocycles. The fourth-order valence-corrected chi connectivity index (χ4v) is 2.11. The highest BCUT2D eigenvalue weighted by atomic mass is 16.5. The van der Waals surface area contributed by atoms with Crippen molar-refractivity contribution in [2.45, 2.75) is 18.9 Å². The first-order valence-corrected chi connectivity index (χ1v) is 5.66. The molecule has 94 valence electrons. The molecule has 0 aromatic carbocycles. The SMILES string of the molecule is COCC(C)(C(=O)O)N1CCCN(C)CC1. The highest BCUT2D eigenvalue weighted by Crippen LogP contribution is 2.18. The average Bonchev–Trinajstić information content (AvgIpc) is 2.43. The lowest BCUT2D eigenvalue weighted by Crippen LogP contribution is -2.56.